The Labute approximate surface area is 150 Å². The number of aldehydes is 1. The Bertz CT molecular complexity index is 776. The first-order valence-corrected chi connectivity index (χ1v) is 8.32. The number of hydrogen-bond donors (Lipinski definition) is 0. The zero-order valence-corrected chi connectivity index (χ0v) is 15.0. The quantitative estimate of drug-likeness (QED) is 0.665. The van der Waals surface area contributed by atoms with Crippen molar-refractivity contribution < 1.29 is 9.53 Å². The summed E-state index contributed by atoms with van der Waals surface area (Å²) in [4.78, 5) is 10.6. The molecule has 0 aromatic heterocycles. The van der Waals surface area contributed by atoms with Crippen molar-refractivity contribution in [3.8, 4) is 5.75 Å². The number of carbonyl (C=O) groups excluding carboxylic acids is 1. The molecule has 0 bridgehead atoms. The van der Waals surface area contributed by atoms with Crippen molar-refractivity contribution in [3.05, 3.63) is 95.1 Å². The Morgan fingerprint density at radius 1 is 0.920 bits per heavy atom. The van der Waals surface area contributed by atoms with Crippen molar-refractivity contribution in [3.63, 3.8) is 0 Å². The third-order valence-electron chi connectivity index (χ3n) is 3.94. The Morgan fingerprint density at radius 2 is 1.60 bits per heavy atom. The SMILES string of the molecule is CC1=CC=C(c2ccc(C=O)cc2)CC=C1.COc1ccc(C)cc1. The van der Waals surface area contributed by atoms with Crippen LogP contribution in [0.15, 0.2) is 78.4 Å². The second kappa shape index (κ2) is 9.43. The van der Waals surface area contributed by atoms with Gasteiger partial charge in [0.25, 0.3) is 0 Å². The lowest BCUT2D eigenvalue weighted by Gasteiger charge is -2.03. The highest BCUT2D eigenvalue weighted by Crippen LogP contribution is 2.22. The third-order valence-corrected chi connectivity index (χ3v) is 3.94. The summed E-state index contributed by atoms with van der Waals surface area (Å²) >= 11 is 0. The number of methoxy groups -OCH3 is 1. The molecule has 0 radical (unpaired) electrons. The summed E-state index contributed by atoms with van der Waals surface area (Å²) < 4.78 is 4.97. The number of hydrogen-bond acceptors (Lipinski definition) is 2. The fourth-order valence-electron chi connectivity index (χ4n) is 2.39. The summed E-state index contributed by atoms with van der Waals surface area (Å²) in [5.41, 5.74) is 5.71. The molecular formula is C23H24O2. The Balaban J connectivity index is 0.000000212. The van der Waals surface area contributed by atoms with Crippen LogP contribution in [0.4, 0.5) is 0 Å². The third kappa shape index (κ3) is 5.92. The zero-order chi connectivity index (χ0) is 18.1. The van der Waals surface area contributed by atoms with E-state index < -0.39 is 0 Å². The highest BCUT2D eigenvalue weighted by atomic mass is 16.5. The van der Waals surface area contributed by atoms with E-state index in [0.29, 0.717) is 0 Å². The minimum Gasteiger partial charge on any atom is -0.497 e. The van der Waals surface area contributed by atoms with Gasteiger partial charge in [0.05, 0.1) is 7.11 Å². The van der Waals surface area contributed by atoms with E-state index in [0.717, 1.165) is 24.0 Å². The van der Waals surface area contributed by atoms with Crippen LogP contribution in [0, 0.1) is 6.92 Å². The molecule has 0 aliphatic heterocycles. The Kier molecular flexibility index (Phi) is 6.97. The molecule has 0 amide bonds. The first kappa shape index (κ1) is 18.5. The standard InChI is InChI=1S/C15H14O.C8H10O/c1-12-3-2-4-14(8-5-12)15-9-6-13(11-16)7-10-15;1-7-3-5-8(9-2)6-4-7/h2-3,5-11H,4H2,1H3;3-6H,1-2H3. The topological polar surface area (TPSA) is 26.3 Å². The lowest BCUT2D eigenvalue weighted by atomic mass is 10.0. The van der Waals surface area contributed by atoms with Gasteiger partial charge in [0.1, 0.15) is 12.0 Å². The summed E-state index contributed by atoms with van der Waals surface area (Å²) in [6.45, 7) is 4.14. The van der Waals surface area contributed by atoms with Gasteiger partial charge in [-0.05, 0) is 43.5 Å². The fourth-order valence-corrected chi connectivity index (χ4v) is 2.39. The van der Waals surface area contributed by atoms with E-state index in [4.69, 9.17) is 4.74 Å². The van der Waals surface area contributed by atoms with Crippen LogP contribution in [-0.4, -0.2) is 13.4 Å². The van der Waals surface area contributed by atoms with E-state index in [9.17, 15) is 4.79 Å². The number of rotatable bonds is 3. The van der Waals surface area contributed by atoms with E-state index >= 15 is 0 Å². The van der Waals surface area contributed by atoms with Gasteiger partial charge in [0, 0.05) is 5.56 Å². The molecule has 0 heterocycles. The van der Waals surface area contributed by atoms with Gasteiger partial charge < -0.3 is 4.74 Å². The predicted molar refractivity (Wildman–Crippen MR) is 105 cm³/mol. The van der Waals surface area contributed by atoms with Crippen LogP contribution in [0.1, 0.15) is 34.8 Å². The number of benzene rings is 2. The summed E-state index contributed by atoms with van der Waals surface area (Å²) in [5, 5.41) is 0. The average molecular weight is 332 g/mol. The molecule has 2 aromatic rings. The lowest BCUT2D eigenvalue weighted by molar-refractivity contribution is 0.112. The number of aryl methyl sites for hydroxylation is 1. The molecule has 0 fully saturated rings. The molecule has 1 aliphatic carbocycles. The van der Waals surface area contributed by atoms with E-state index in [1.165, 1.54) is 22.3 Å². The van der Waals surface area contributed by atoms with Gasteiger partial charge in [-0.1, -0.05) is 71.8 Å². The highest BCUT2D eigenvalue weighted by molar-refractivity contribution is 5.77. The maximum absolute atomic E-state index is 10.6. The molecule has 3 rings (SSSR count). The van der Waals surface area contributed by atoms with E-state index in [1.54, 1.807) is 7.11 Å². The predicted octanol–water partition coefficient (Wildman–Crippen LogP) is 5.79. The highest BCUT2D eigenvalue weighted by Gasteiger charge is 2.01. The molecule has 0 saturated carbocycles. The van der Waals surface area contributed by atoms with Crippen molar-refractivity contribution in [2.75, 3.05) is 7.11 Å². The van der Waals surface area contributed by atoms with E-state index in [2.05, 4.69) is 38.2 Å². The molecule has 1 aliphatic rings. The van der Waals surface area contributed by atoms with E-state index in [1.807, 2.05) is 48.5 Å². The van der Waals surface area contributed by atoms with Crippen LogP contribution in [-0.2, 0) is 0 Å². The molecule has 0 saturated heterocycles. The number of allylic oxidation sites excluding steroid dienone is 6. The second-order valence-corrected chi connectivity index (χ2v) is 5.97. The van der Waals surface area contributed by atoms with Crippen LogP contribution < -0.4 is 4.74 Å². The molecular weight excluding hydrogens is 308 g/mol. The van der Waals surface area contributed by atoms with E-state index in [-0.39, 0.29) is 0 Å². The van der Waals surface area contributed by atoms with Crippen molar-refractivity contribution in [1.29, 1.82) is 0 Å². The molecule has 2 heteroatoms. The first-order valence-electron chi connectivity index (χ1n) is 8.32. The lowest BCUT2D eigenvalue weighted by Crippen LogP contribution is -1.84. The molecule has 128 valence electrons. The molecule has 2 nitrogen and oxygen atoms in total. The second-order valence-electron chi connectivity index (χ2n) is 5.97. The molecule has 2 aromatic carbocycles. The summed E-state index contributed by atoms with van der Waals surface area (Å²) in [7, 11) is 1.67. The van der Waals surface area contributed by atoms with Gasteiger partial charge in [-0.15, -0.1) is 0 Å². The van der Waals surface area contributed by atoms with Crippen molar-refractivity contribution in [2.24, 2.45) is 0 Å². The Morgan fingerprint density at radius 3 is 2.20 bits per heavy atom. The van der Waals surface area contributed by atoms with Crippen LogP contribution in [0.3, 0.4) is 0 Å². The summed E-state index contributed by atoms with van der Waals surface area (Å²) in [5.74, 6) is 0.917. The van der Waals surface area contributed by atoms with Gasteiger partial charge in [-0.3, -0.25) is 4.79 Å². The molecule has 0 unspecified atom stereocenters. The smallest absolute Gasteiger partial charge is 0.150 e. The van der Waals surface area contributed by atoms with Crippen molar-refractivity contribution in [2.45, 2.75) is 20.3 Å². The maximum atomic E-state index is 10.6. The van der Waals surface area contributed by atoms with Crippen LogP contribution in [0.2, 0.25) is 0 Å². The normalized spacial score (nSPS) is 12.9. The maximum Gasteiger partial charge on any atom is 0.150 e. The van der Waals surface area contributed by atoms with Gasteiger partial charge >= 0.3 is 0 Å². The van der Waals surface area contributed by atoms with Crippen molar-refractivity contribution in [1.82, 2.24) is 0 Å². The van der Waals surface area contributed by atoms with Crippen molar-refractivity contribution >= 4 is 11.9 Å². The summed E-state index contributed by atoms with van der Waals surface area (Å²) in [6.07, 6.45) is 10.4. The molecule has 0 spiro atoms. The largest absolute Gasteiger partial charge is 0.497 e. The number of ether oxygens (including phenoxy) is 1. The molecule has 0 atom stereocenters. The minimum atomic E-state index is 0.722. The first-order chi connectivity index (χ1) is 12.1. The fraction of sp³-hybridized carbons (Fsp3) is 0.174. The average Bonchev–Trinajstić information content (AvgIpc) is 2.87. The van der Waals surface area contributed by atoms with Gasteiger partial charge in [-0.2, -0.15) is 0 Å². The minimum absolute atomic E-state index is 0.722. The number of carbonyl (C=O) groups is 1. The summed E-state index contributed by atoms with van der Waals surface area (Å²) in [6, 6.07) is 15.7. The molecule has 25 heavy (non-hydrogen) atoms. The van der Waals surface area contributed by atoms with Crippen LogP contribution in [0.25, 0.3) is 5.57 Å². The van der Waals surface area contributed by atoms with Gasteiger partial charge in [0.15, 0.2) is 0 Å². The van der Waals surface area contributed by atoms with Crippen LogP contribution >= 0.6 is 0 Å². The van der Waals surface area contributed by atoms with Crippen LogP contribution in [0.5, 0.6) is 5.75 Å². The monoisotopic (exact) mass is 332 g/mol. The van der Waals surface area contributed by atoms with Gasteiger partial charge in [0.2, 0.25) is 0 Å². The zero-order valence-electron chi connectivity index (χ0n) is 15.0. The van der Waals surface area contributed by atoms with Gasteiger partial charge in [-0.25, -0.2) is 0 Å². The molecule has 0 N–H and O–H groups in total. The Hall–Kier alpha value is -2.87.